The van der Waals surface area contributed by atoms with Gasteiger partial charge >= 0.3 is 6.03 Å². The monoisotopic (exact) mass is 286 g/mol. The van der Waals surface area contributed by atoms with Crippen molar-refractivity contribution in [3.05, 3.63) is 66.0 Å². The van der Waals surface area contributed by atoms with Crippen molar-refractivity contribution >= 4 is 11.7 Å². The molecule has 0 saturated carbocycles. The van der Waals surface area contributed by atoms with E-state index in [4.69, 9.17) is 0 Å². The maximum Gasteiger partial charge on any atom is 0.319 e. The van der Waals surface area contributed by atoms with E-state index in [1.165, 1.54) is 12.1 Å². The number of anilines is 1. The first-order valence-corrected chi connectivity index (χ1v) is 6.94. The average molecular weight is 286 g/mol. The highest BCUT2D eigenvalue weighted by atomic mass is 19.1. The Morgan fingerprint density at radius 1 is 1.05 bits per heavy atom. The molecule has 2 amide bonds. The lowest BCUT2D eigenvalue weighted by molar-refractivity contribution is 0.244. The van der Waals surface area contributed by atoms with Crippen LogP contribution in [0.1, 0.15) is 25.5 Å². The van der Waals surface area contributed by atoms with E-state index in [1.807, 2.05) is 44.2 Å². The molecule has 0 spiro atoms. The third kappa shape index (κ3) is 4.31. The van der Waals surface area contributed by atoms with Crippen molar-refractivity contribution < 1.29 is 9.18 Å². The van der Waals surface area contributed by atoms with E-state index >= 15 is 0 Å². The van der Waals surface area contributed by atoms with Crippen LogP contribution >= 0.6 is 0 Å². The predicted molar refractivity (Wildman–Crippen MR) is 82.6 cm³/mol. The summed E-state index contributed by atoms with van der Waals surface area (Å²) in [5.74, 6) is -0.137. The number of rotatable bonds is 4. The van der Waals surface area contributed by atoms with Crippen LogP contribution in [0, 0.1) is 11.7 Å². The van der Waals surface area contributed by atoms with Gasteiger partial charge in [-0.2, -0.15) is 0 Å². The number of halogens is 1. The summed E-state index contributed by atoms with van der Waals surface area (Å²) in [4.78, 5) is 12.1. The first-order valence-electron chi connectivity index (χ1n) is 6.94. The van der Waals surface area contributed by atoms with Crippen LogP contribution in [0.3, 0.4) is 0 Å². The number of carbonyl (C=O) groups excluding carboxylic acids is 1. The van der Waals surface area contributed by atoms with Crippen LogP contribution in [0.4, 0.5) is 14.9 Å². The van der Waals surface area contributed by atoms with Gasteiger partial charge in [0, 0.05) is 5.69 Å². The fourth-order valence-electron chi connectivity index (χ4n) is 2.17. The van der Waals surface area contributed by atoms with Crippen molar-refractivity contribution in [1.82, 2.24) is 5.32 Å². The van der Waals surface area contributed by atoms with Gasteiger partial charge < -0.3 is 10.6 Å². The zero-order chi connectivity index (χ0) is 15.2. The summed E-state index contributed by atoms with van der Waals surface area (Å²) >= 11 is 0. The molecule has 2 rings (SSSR count). The fraction of sp³-hybridized carbons (Fsp3) is 0.235. The zero-order valence-corrected chi connectivity index (χ0v) is 12.1. The van der Waals surface area contributed by atoms with Gasteiger partial charge in [-0.1, -0.05) is 50.2 Å². The molecule has 0 aliphatic carbocycles. The Bertz CT molecular complexity index is 599. The first kappa shape index (κ1) is 15.0. The van der Waals surface area contributed by atoms with E-state index in [-0.39, 0.29) is 23.8 Å². The molecule has 0 aromatic heterocycles. The van der Waals surface area contributed by atoms with Gasteiger partial charge in [-0.15, -0.1) is 0 Å². The summed E-state index contributed by atoms with van der Waals surface area (Å²) in [6, 6.07) is 15.2. The SMILES string of the molecule is CC(C)C(NC(=O)Nc1cccc(F)c1)c1ccccc1. The lowest BCUT2D eigenvalue weighted by Gasteiger charge is -2.23. The van der Waals surface area contributed by atoms with Crippen LogP contribution in [0.5, 0.6) is 0 Å². The zero-order valence-electron chi connectivity index (χ0n) is 12.1. The topological polar surface area (TPSA) is 41.1 Å². The molecule has 3 nitrogen and oxygen atoms in total. The molecular weight excluding hydrogens is 267 g/mol. The number of urea groups is 1. The van der Waals surface area contributed by atoms with Gasteiger partial charge in [-0.05, 0) is 29.7 Å². The molecule has 4 heteroatoms. The van der Waals surface area contributed by atoms with Crippen molar-refractivity contribution in [1.29, 1.82) is 0 Å². The van der Waals surface area contributed by atoms with Crippen molar-refractivity contribution in [2.75, 3.05) is 5.32 Å². The van der Waals surface area contributed by atoms with Crippen molar-refractivity contribution in [2.45, 2.75) is 19.9 Å². The van der Waals surface area contributed by atoms with Crippen LogP contribution < -0.4 is 10.6 Å². The Balaban J connectivity index is 2.05. The Morgan fingerprint density at radius 2 is 1.76 bits per heavy atom. The summed E-state index contributed by atoms with van der Waals surface area (Å²) in [5.41, 5.74) is 1.48. The highest BCUT2D eigenvalue weighted by molar-refractivity contribution is 5.89. The number of nitrogens with one attached hydrogen (secondary N) is 2. The molecular formula is C17H19FN2O. The summed E-state index contributed by atoms with van der Waals surface area (Å²) in [5, 5.41) is 5.58. The molecule has 0 bridgehead atoms. The average Bonchev–Trinajstić information content (AvgIpc) is 2.45. The molecule has 0 saturated heterocycles. The minimum Gasteiger partial charge on any atom is -0.331 e. The van der Waals surface area contributed by atoms with Gasteiger partial charge in [0.25, 0.3) is 0 Å². The van der Waals surface area contributed by atoms with Crippen LogP contribution in [0.15, 0.2) is 54.6 Å². The molecule has 21 heavy (non-hydrogen) atoms. The van der Waals surface area contributed by atoms with Crippen molar-refractivity contribution in [2.24, 2.45) is 5.92 Å². The second-order valence-corrected chi connectivity index (χ2v) is 5.24. The first-order chi connectivity index (χ1) is 10.1. The predicted octanol–water partition coefficient (Wildman–Crippen LogP) is 4.34. The van der Waals surface area contributed by atoms with Crippen molar-refractivity contribution in [3.8, 4) is 0 Å². The fourth-order valence-corrected chi connectivity index (χ4v) is 2.17. The van der Waals surface area contributed by atoms with E-state index in [0.29, 0.717) is 5.69 Å². The summed E-state index contributed by atoms with van der Waals surface area (Å²) in [6.45, 7) is 4.08. The molecule has 1 unspecified atom stereocenters. The van der Waals surface area contributed by atoms with Gasteiger partial charge in [0.2, 0.25) is 0 Å². The smallest absolute Gasteiger partial charge is 0.319 e. The molecule has 1 atom stereocenters. The highest BCUT2D eigenvalue weighted by Gasteiger charge is 2.18. The maximum atomic E-state index is 13.1. The highest BCUT2D eigenvalue weighted by Crippen LogP contribution is 2.21. The largest absolute Gasteiger partial charge is 0.331 e. The lowest BCUT2D eigenvalue weighted by Crippen LogP contribution is -2.35. The Morgan fingerprint density at radius 3 is 2.38 bits per heavy atom. The summed E-state index contributed by atoms with van der Waals surface area (Å²) in [6.07, 6.45) is 0. The van der Waals surface area contributed by atoms with Crippen LogP contribution in [-0.4, -0.2) is 6.03 Å². The maximum absolute atomic E-state index is 13.1. The minimum atomic E-state index is -0.378. The lowest BCUT2D eigenvalue weighted by atomic mass is 9.96. The van der Waals surface area contributed by atoms with E-state index in [0.717, 1.165) is 5.56 Å². The van der Waals surface area contributed by atoms with Crippen molar-refractivity contribution in [3.63, 3.8) is 0 Å². The van der Waals surface area contributed by atoms with E-state index in [9.17, 15) is 9.18 Å². The van der Waals surface area contributed by atoms with Gasteiger partial charge in [0.15, 0.2) is 0 Å². The molecule has 0 aliphatic rings. The van der Waals surface area contributed by atoms with E-state index in [2.05, 4.69) is 10.6 Å². The number of carbonyl (C=O) groups is 1. The van der Waals surface area contributed by atoms with Crippen LogP contribution in [0.25, 0.3) is 0 Å². The summed E-state index contributed by atoms with van der Waals surface area (Å²) in [7, 11) is 0. The second-order valence-electron chi connectivity index (χ2n) is 5.24. The van der Waals surface area contributed by atoms with Crippen LogP contribution in [-0.2, 0) is 0 Å². The normalized spacial score (nSPS) is 12.0. The minimum absolute atomic E-state index is 0.0974. The Kier molecular flexibility index (Phi) is 4.93. The van der Waals surface area contributed by atoms with Crippen LogP contribution in [0.2, 0.25) is 0 Å². The number of hydrogen-bond acceptors (Lipinski definition) is 1. The van der Waals surface area contributed by atoms with Gasteiger partial charge in [0.1, 0.15) is 5.82 Å². The summed E-state index contributed by atoms with van der Waals surface area (Å²) < 4.78 is 13.1. The molecule has 2 N–H and O–H groups in total. The molecule has 2 aromatic rings. The molecule has 2 aromatic carbocycles. The second kappa shape index (κ2) is 6.88. The standard InChI is InChI=1S/C17H19FN2O/c1-12(2)16(13-7-4-3-5-8-13)20-17(21)19-15-10-6-9-14(18)11-15/h3-12,16H,1-2H3,(H2,19,20,21). The quantitative estimate of drug-likeness (QED) is 0.862. The van der Waals surface area contributed by atoms with E-state index in [1.54, 1.807) is 12.1 Å². The molecule has 0 aliphatic heterocycles. The molecule has 0 fully saturated rings. The number of hydrogen-bond donors (Lipinski definition) is 2. The Labute approximate surface area is 124 Å². The Hall–Kier alpha value is -2.36. The van der Waals surface area contributed by atoms with Gasteiger partial charge in [-0.25, -0.2) is 9.18 Å². The van der Waals surface area contributed by atoms with E-state index < -0.39 is 0 Å². The third-order valence-electron chi connectivity index (χ3n) is 3.19. The molecule has 110 valence electrons. The number of amides is 2. The van der Waals surface area contributed by atoms with Gasteiger partial charge in [-0.3, -0.25) is 0 Å². The van der Waals surface area contributed by atoms with Gasteiger partial charge in [0.05, 0.1) is 6.04 Å². The third-order valence-corrected chi connectivity index (χ3v) is 3.19. The molecule has 0 heterocycles. The number of benzene rings is 2. The molecule has 0 radical (unpaired) electrons.